The molecule has 10 heteroatoms. The summed E-state index contributed by atoms with van der Waals surface area (Å²) in [7, 11) is -0.372. The van der Waals surface area contributed by atoms with Gasteiger partial charge in [0.2, 0.25) is 10.0 Å². The number of hydrogen-bond acceptors (Lipinski definition) is 7. The maximum absolute atomic E-state index is 13.3. The zero-order valence-corrected chi connectivity index (χ0v) is 24.3. The van der Waals surface area contributed by atoms with Crippen LogP contribution in [0.25, 0.3) is 11.3 Å². The van der Waals surface area contributed by atoms with Gasteiger partial charge >= 0.3 is 0 Å². The Bertz CT molecular complexity index is 1480. The van der Waals surface area contributed by atoms with Gasteiger partial charge in [0.1, 0.15) is 0 Å². The van der Waals surface area contributed by atoms with Gasteiger partial charge in [-0.2, -0.15) is 0 Å². The number of anilines is 3. The Labute approximate surface area is 236 Å². The van der Waals surface area contributed by atoms with E-state index in [4.69, 9.17) is 9.47 Å². The van der Waals surface area contributed by atoms with E-state index in [1.54, 1.807) is 38.5 Å². The average Bonchev–Trinajstić information content (AvgIpc) is 3.27. The molecule has 0 atom stereocenters. The lowest BCUT2D eigenvalue weighted by molar-refractivity contribution is -0.110. The molecule has 0 spiro atoms. The lowest BCUT2D eigenvalue weighted by atomic mass is 9.99. The molecule has 0 saturated heterocycles. The summed E-state index contributed by atoms with van der Waals surface area (Å²) in [6.45, 7) is 6.81. The molecule has 0 unspecified atom stereocenters. The van der Waals surface area contributed by atoms with Crippen LogP contribution in [0.15, 0.2) is 66.7 Å². The molecule has 0 saturated carbocycles. The molecular weight excluding hydrogens is 528 g/mol. The summed E-state index contributed by atoms with van der Waals surface area (Å²) in [6.07, 6.45) is 1.22. The van der Waals surface area contributed by atoms with Crippen LogP contribution in [0.3, 0.4) is 0 Å². The number of rotatable bonds is 12. The zero-order chi connectivity index (χ0) is 28.9. The molecule has 2 N–H and O–H groups in total. The molecule has 40 heavy (non-hydrogen) atoms. The number of fused-ring (bicyclic) bond motifs is 1. The summed E-state index contributed by atoms with van der Waals surface area (Å²) in [5.41, 5.74) is 4.48. The van der Waals surface area contributed by atoms with Gasteiger partial charge in [0.25, 0.3) is 5.91 Å². The molecule has 212 valence electrons. The van der Waals surface area contributed by atoms with Gasteiger partial charge in [-0.3, -0.25) is 9.10 Å². The van der Waals surface area contributed by atoms with Gasteiger partial charge in [0.05, 0.1) is 43.1 Å². The molecule has 3 aromatic carbocycles. The predicted molar refractivity (Wildman–Crippen MR) is 161 cm³/mol. The Morgan fingerprint density at radius 2 is 1.52 bits per heavy atom. The first kappa shape index (κ1) is 29.0. The lowest BCUT2D eigenvalue weighted by Crippen LogP contribution is -2.38. The van der Waals surface area contributed by atoms with Gasteiger partial charge in [0.15, 0.2) is 11.5 Å². The third-order valence-electron chi connectivity index (χ3n) is 6.92. The normalized spacial score (nSPS) is 14.0. The number of carbonyl (C=O) groups excluding carboxylic acids is 1. The number of likely N-dealkylation sites (N-methyl/N-ethyl adjacent to an activating group) is 1. The molecule has 9 nitrogen and oxygen atoms in total. The quantitative estimate of drug-likeness (QED) is 0.307. The molecule has 1 amide bonds. The number of nitrogens with zero attached hydrogens (tertiary/aromatic N) is 2. The zero-order valence-electron chi connectivity index (χ0n) is 23.5. The Hall–Kier alpha value is -4.02. The van der Waals surface area contributed by atoms with E-state index in [0.717, 1.165) is 18.7 Å². The highest BCUT2D eigenvalue weighted by Crippen LogP contribution is 2.43. The van der Waals surface area contributed by atoms with Crippen molar-refractivity contribution in [3.05, 3.63) is 77.9 Å². The number of amides is 1. The molecule has 4 rings (SSSR count). The second-order valence-corrected chi connectivity index (χ2v) is 11.3. The number of ether oxygens (including phenoxy) is 2. The van der Waals surface area contributed by atoms with E-state index in [0.29, 0.717) is 58.5 Å². The first-order chi connectivity index (χ1) is 19.2. The van der Waals surface area contributed by atoms with Crippen molar-refractivity contribution < 1.29 is 22.7 Å². The summed E-state index contributed by atoms with van der Waals surface area (Å²) in [6, 6.07) is 20.3. The number of benzene rings is 3. The summed E-state index contributed by atoms with van der Waals surface area (Å²) in [5.74, 6) is 0.773. The molecule has 1 aliphatic rings. The van der Waals surface area contributed by atoms with E-state index in [1.165, 1.54) is 10.6 Å². The van der Waals surface area contributed by atoms with Crippen LogP contribution in [0, 0.1) is 0 Å². The third kappa shape index (κ3) is 6.24. The van der Waals surface area contributed by atoms with Crippen molar-refractivity contribution in [3.63, 3.8) is 0 Å². The van der Waals surface area contributed by atoms with Crippen molar-refractivity contribution >= 4 is 44.3 Å². The minimum atomic E-state index is -3.47. The number of methoxy groups -OCH3 is 2. The van der Waals surface area contributed by atoms with Crippen molar-refractivity contribution in [1.29, 1.82) is 0 Å². The van der Waals surface area contributed by atoms with Crippen molar-refractivity contribution in [2.75, 3.05) is 61.6 Å². The molecule has 3 aromatic rings. The fourth-order valence-electron chi connectivity index (χ4n) is 4.74. The van der Waals surface area contributed by atoms with Crippen molar-refractivity contribution in [2.24, 2.45) is 0 Å². The molecule has 0 aromatic heterocycles. The molecule has 0 radical (unpaired) electrons. The standard InChI is InChI=1S/C30H36N4O5S/c1-6-33(7-2)17-18-34(40(5,36)37)23-15-13-22(14-16-23)31-29(21-11-9-8-10-12-21)28-24-19-26(38-3)27(39-4)20-25(24)32-30(28)35/h8-16,19-20,31H,6-7,17-18H2,1-5H3,(H,32,35). The highest BCUT2D eigenvalue weighted by atomic mass is 32.2. The van der Waals surface area contributed by atoms with Gasteiger partial charge in [-0.15, -0.1) is 0 Å². The van der Waals surface area contributed by atoms with E-state index in [1.807, 2.05) is 42.5 Å². The predicted octanol–water partition coefficient (Wildman–Crippen LogP) is 4.74. The van der Waals surface area contributed by atoms with E-state index in [-0.39, 0.29) is 5.91 Å². The number of hydrogen-bond donors (Lipinski definition) is 2. The molecular formula is C30H36N4O5S. The van der Waals surface area contributed by atoms with E-state index in [9.17, 15) is 13.2 Å². The van der Waals surface area contributed by atoms with Crippen LogP contribution in [0.4, 0.5) is 17.1 Å². The summed E-state index contributed by atoms with van der Waals surface area (Å²) in [5, 5.41) is 6.35. The average molecular weight is 565 g/mol. The van der Waals surface area contributed by atoms with Crippen LogP contribution >= 0.6 is 0 Å². The number of sulfonamides is 1. The van der Waals surface area contributed by atoms with E-state index < -0.39 is 10.0 Å². The molecule has 1 aliphatic heterocycles. The summed E-state index contributed by atoms with van der Waals surface area (Å²) < 4.78 is 37.6. The molecule has 0 aliphatic carbocycles. The Morgan fingerprint density at radius 1 is 0.900 bits per heavy atom. The molecule has 1 heterocycles. The lowest BCUT2D eigenvalue weighted by Gasteiger charge is -2.26. The van der Waals surface area contributed by atoms with Crippen molar-refractivity contribution in [3.8, 4) is 11.5 Å². The monoisotopic (exact) mass is 564 g/mol. The van der Waals surface area contributed by atoms with Crippen LogP contribution < -0.4 is 24.4 Å². The maximum Gasteiger partial charge on any atom is 0.258 e. The third-order valence-corrected chi connectivity index (χ3v) is 8.11. The van der Waals surface area contributed by atoms with Crippen LogP contribution in [-0.4, -0.2) is 65.9 Å². The van der Waals surface area contributed by atoms with Gasteiger partial charge in [-0.1, -0.05) is 44.2 Å². The van der Waals surface area contributed by atoms with E-state index >= 15 is 0 Å². The molecule has 0 fully saturated rings. The Balaban J connectivity index is 1.73. The van der Waals surface area contributed by atoms with Gasteiger partial charge in [0, 0.05) is 30.4 Å². The Kier molecular flexibility index (Phi) is 9.01. The second kappa shape index (κ2) is 12.4. The minimum Gasteiger partial charge on any atom is -0.493 e. The topological polar surface area (TPSA) is 100 Å². The highest BCUT2D eigenvalue weighted by molar-refractivity contribution is 7.92. The first-order valence-corrected chi connectivity index (χ1v) is 15.0. The SMILES string of the molecule is CCN(CC)CCN(c1ccc(NC(=C2C(=O)Nc3cc(OC)c(OC)cc32)c2ccccc2)cc1)S(C)(=O)=O. The molecule has 0 bridgehead atoms. The van der Waals surface area contributed by atoms with Crippen molar-refractivity contribution in [1.82, 2.24) is 4.90 Å². The fraction of sp³-hybridized carbons (Fsp3) is 0.300. The van der Waals surface area contributed by atoms with Crippen molar-refractivity contribution in [2.45, 2.75) is 13.8 Å². The van der Waals surface area contributed by atoms with Crippen LogP contribution in [0.1, 0.15) is 25.0 Å². The van der Waals surface area contributed by atoms with Gasteiger partial charge in [-0.05, 0) is 49.0 Å². The maximum atomic E-state index is 13.3. The van der Waals surface area contributed by atoms with Gasteiger partial charge in [-0.25, -0.2) is 8.42 Å². The smallest absolute Gasteiger partial charge is 0.258 e. The number of nitrogens with one attached hydrogen (secondary N) is 2. The van der Waals surface area contributed by atoms with Crippen LogP contribution in [0.5, 0.6) is 11.5 Å². The first-order valence-electron chi connectivity index (χ1n) is 13.1. The fourth-order valence-corrected chi connectivity index (χ4v) is 5.66. The number of carbonyl (C=O) groups is 1. The van der Waals surface area contributed by atoms with Crippen LogP contribution in [-0.2, 0) is 14.8 Å². The summed E-state index contributed by atoms with van der Waals surface area (Å²) >= 11 is 0. The van der Waals surface area contributed by atoms with Crippen LogP contribution in [0.2, 0.25) is 0 Å². The minimum absolute atomic E-state index is 0.257. The van der Waals surface area contributed by atoms with Gasteiger partial charge < -0.3 is 25.0 Å². The largest absolute Gasteiger partial charge is 0.493 e. The highest BCUT2D eigenvalue weighted by Gasteiger charge is 2.30. The Morgan fingerprint density at radius 3 is 2.10 bits per heavy atom. The summed E-state index contributed by atoms with van der Waals surface area (Å²) in [4.78, 5) is 15.5. The second-order valence-electron chi connectivity index (χ2n) is 9.36. The van der Waals surface area contributed by atoms with E-state index in [2.05, 4.69) is 29.4 Å².